The normalized spacial score (nSPS) is 25.1. The Morgan fingerprint density at radius 3 is 2.59 bits per heavy atom. The number of likely N-dealkylation sites (tertiary alicyclic amines) is 1. The Bertz CT molecular complexity index is 863. The number of amides is 3. The summed E-state index contributed by atoms with van der Waals surface area (Å²) in [5.41, 5.74) is -0.350. The Labute approximate surface area is 170 Å². The minimum atomic E-state index is -0.585. The van der Waals surface area contributed by atoms with Crippen LogP contribution in [0.3, 0.4) is 0 Å². The molecule has 1 aromatic carbocycles. The molecule has 1 N–H and O–H groups in total. The minimum absolute atomic E-state index is 0.0299. The maximum absolute atomic E-state index is 13.0. The molecular weight excluding hydrogens is 372 g/mol. The number of carbonyl (C=O) groups is 4. The van der Waals surface area contributed by atoms with E-state index in [0.29, 0.717) is 18.5 Å². The smallest absolute Gasteiger partial charge is 0.340 e. The van der Waals surface area contributed by atoms with Gasteiger partial charge in [0.1, 0.15) is 0 Å². The molecule has 1 aliphatic carbocycles. The summed E-state index contributed by atoms with van der Waals surface area (Å²) in [6, 6.07) is 6.58. The quantitative estimate of drug-likeness (QED) is 0.585. The summed E-state index contributed by atoms with van der Waals surface area (Å²) in [6.45, 7) is 7.86. The topological polar surface area (TPSA) is 92.8 Å². The Morgan fingerprint density at radius 2 is 1.90 bits per heavy atom. The maximum atomic E-state index is 13.0. The van der Waals surface area contributed by atoms with Crippen molar-refractivity contribution in [2.24, 2.45) is 16.7 Å². The molecule has 0 radical (unpaired) electrons. The molecule has 1 heterocycles. The molecule has 2 bridgehead atoms. The Kier molecular flexibility index (Phi) is 5.52. The van der Waals surface area contributed by atoms with Gasteiger partial charge >= 0.3 is 5.97 Å². The lowest BCUT2D eigenvalue weighted by Gasteiger charge is -2.47. The second-order valence-corrected chi connectivity index (χ2v) is 8.50. The van der Waals surface area contributed by atoms with Crippen LogP contribution >= 0.6 is 0 Å². The number of nitrogens with one attached hydrogen (secondary N) is 1. The molecule has 1 saturated carbocycles. The first-order valence-electron chi connectivity index (χ1n) is 10.0. The lowest BCUT2D eigenvalue weighted by atomic mass is 9.62. The monoisotopic (exact) mass is 400 g/mol. The Hall–Kier alpha value is -2.70. The van der Waals surface area contributed by atoms with Crippen LogP contribution in [0.15, 0.2) is 24.3 Å². The van der Waals surface area contributed by atoms with Gasteiger partial charge in [0.2, 0.25) is 17.7 Å². The summed E-state index contributed by atoms with van der Waals surface area (Å²) in [5, 5.41) is 2.69. The van der Waals surface area contributed by atoms with Crippen molar-refractivity contribution in [1.82, 2.24) is 4.90 Å². The molecular formula is C22H28N2O5. The third kappa shape index (κ3) is 3.43. The molecule has 7 heteroatoms. The number of para-hydroxylation sites is 1. The molecule has 3 amide bonds. The second kappa shape index (κ2) is 7.61. The van der Waals surface area contributed by atoms with E-state index >= 15 is 0 Å². The zero-order valence-electron chi connectivity index (χ0n) is 17.4. The fourth-order valence-electron chi connectivity index (χ4n) is 4.52. The van der Waals surface area contributed by atoms with Gasteiger partial charge in [-0.25, -0.2) is 4.79 Å². The average Bonchev–Trinajstić information content (AvgIpc) is 2.86. The highest BCUT2D eigenvalue weighted by Gasteiger charge is 2.64. The fraction of sp³-hybridized carbons (Fsp3) is 0.545. The summed E-state index contributed by atoms with van der Waals surface area (Å²) >= 11 is 0. The second-order valence-electron chi connectivity index (χ2n) is 8.50. The van der Waals surface area contributed by atoms with Gasteiger partial charge in [-0.3, -0.25) is 19.3 Å². The van der Waals surface area contributed by atoms with Crippen LogP contribution in [0.2, 0.25) is 0 Å². The Balaban J connectivity index is 1.67. The zero-order chi connectivity index (χ0) is 21.4. The lowest BCUT2D eigenvalue weighted by molar-refractivity contribution is -0.167. The number of fused-ring (bicyclic) bond motifs is 2. The van der Waals surface area contributed by atoms with Gasteiger partial charge in [0, 0.05) is 18.9 Å². The maximum Gasteiger partial charge on any atom is 0.340 e. The first-order valence-corrected chi connectivity index (χ1v) is 10.0. The van der Waals surface area contributed by atoms with Gasteiger partial charge in [-0.1, -0.05) is 32.9 Å². The molecule has 2 atom stereocenters. The van der Waals surface area contributed by atoms with Crippen LogP contribution in [-0.4, -0.2) is 41.7 Å². The van der Waals surface area contributed by atoms with Crippen molar-refractivity contribution in [3.8, 4) is 0 Å². The van der Waals surface area contributed by atoms with Gasteiger partial charge < -0.3 is 10.1 Å². The van der Waals surface area contributed by atoms with Gasteiger partial charge in [0.05, 0.1) is 23.3 Å². The standard InChI is InChI=1S/C22H28N2O5/c1-5-29-19(27)14-8-6-7-9-16(14)23-17(25)11-13-24-18(26)15-10-12-22(4,20(24)28)21(15,2)3/h6-9,15H,5,10-13H2,1-4H3,(H,23,25). The van der Waals surface area contributed by atoms with Gasteiger partial charge in [-0.15, -0.1) is 0 Å². The highest BCUT2D eigenvalue weighted by molar-refractivity contribution is 6.05. The van der Waals surface area contributed by atoms with E-state index in [0.717, 1.165) is 0 Å². The van der Waals surface area contributed by atoms with E-state index in [4.69, 9.17) is 4.74 Å². The van der Waals surface area contributed by atoms with Crippen molar-refractivity contribution < 1.29 is 23.9 Å². The highest BCUT2D eigenvalue weighted by atomic mass is 16.5. The van der Waals surface area contributed by atoms with Crippen molar-refractivity contribution in [2.75, 3.05) is 18.5 Å². The fourth-order valence-corrected chi connectivity index (χ4v) is 4.52. The molecule has 1 aromatic rings. The number of carbonyl (C=O) groups excluding carboxylic acids is 4. The lowest BCUT2D eigenvalue weighted by Crippen LogP contribution is -2.59. The van der Waals surface area contributed by atoms with Gasteiger partial charge in [-0.2, -0.15) is 0 Å². The molecule has 3 rings (SSSR count). The molecule has 29 heavy (non-hydrogen) atoms. The highest BCUT2D eigenvalue weighted by Crippen LogP contribution is 2.60. The molecule has 2 unspecified atom stereocenters. The van der Waals surface area contributed by atoms with E-state index < -0.39 is 11.4 Å². The third-order valence-electron chi connectivity index (χ3n) is 6.77. The van der Waals surface area contributed by atoms with Crippen LogP contribution in [0.5, 0.6) is 0 Å². The number of hydrogen-bond acceptors (Lipinski definition) is 5. The average molecular weight is 400 g/mol. The van der Waals surface area contributed by atoms with Crippen LogP contribution in [0.25, 0.3) is 0 Å². The van der Waals surface area contributed by atoms with E-state index in [1.807, 2.05) is 20.8 Å². The van der Waals surface area contributed by atoms with Gasteiger partial charge in [0.25, 0.3) is 0 Å². The van der Waals surface area contributed by atoms with Crippen molar-refractivity contribution in [3.63, 3.8) is 0 Å². The molecule has 1 saturated heterocycles. The summed E-state index contributed by atoms with van der Waals surface area (Å²) < 4.78 is 5.01. The number of rotatable bonds is 6. The number of nitrogens with zero attached hydrogens (tertiary/aromatic N) is 1. The molecule has 156 valence electrons. The first-order chi connectivity index (χ1) is 13.6. The summed E-state index contributed by atoms with van der Waals surface area (Å²) in [4.78, 5) is 51.6. The molecule has 7 nitrogen and oxygen atoms in total. The van der Waals surface area contributed by atoms with Crippen molar-refractivity contribution in [2.45, 2.75) is 47.0 Å². The van der Waals surface area contributed by atoms with Crippen LogP contribution in [0.1, 0.15) is 57.3 Å². The van der Waals surface area contributed by atoms with Crippen LogP contribution in [0, 0.1) is 16.7 Å². The molecule has 2 fully saturated rings. The van der Waals surface area contributed by atoms with Gasteiger partial charge in [-0.05, 0) is 37.3 Å². The van der Waals surface area contributed by atoms with E-state index in [9.17, 15) is 19.2 Å². The van der Waals surface area contributed by atoms with E-state index in [1.54, 1.807) is 31.2 Å². The molecule has 0 aromatic heterocycles. The molecule has 2 aliphatic rings. The number of anilines is 1. The zero-order valence-corrected chi connectivity index (χ0v) is 17.4. The number of hydrogen-bond donors (Lipinski definition) is 1. The summed E-state index contributed by atoms with van der Waals surface area (Å²) in [7, 11) is 0. The van der Waals surface area contributed by atoms with Gasteiger partial charge in [0.15, 0.2) is 0 Å². The summed E-state index contributed by atoms with van der Waals surface area (Å²) in [6.07, 6.45) is 1.35. The van der Waals surface area contributed by atoms with Crippen molar-refractivity contribution in [3.05, 3.63) is 29.8 Å². The number of esters is 1. The third-order valence-corrected chi connectivity index (χ3v) is 6.77. The number of piperidine rings is 1. The first kappa shape index (κ1) is 21.0. The number of imide groups is 1. The van der Waals surface area contributed by atoms with Crippen molar-refractivity contribution in [1.29, 1.82) is 0 Å². The predicted octanol–water partition coefficient (Wildman–Crippen LogP) is 3.00. The van der Waals surface area contributed by atoms with E-state index in [1.165, 1.54) is 4.90 Å². The molecule has 1 aliphatic heterocycles. The predicted molar refractivity (Wildman–Crippen MR) is 107 cm³/mol. The number of ether oxygens (including phenoxy) is 1. The minimum Gasteiger partial charge on any atom is -0.462 e. The van der Waals surface area contributed by atoms with Crippen molar-refractivity contribution >= 4 is 29.4 Å². The van der Waals surface area contributed by atoms with E-state index in [-0.39, 0.29) is 54.2 Å². The van der Waals surface area contributed by atoms with E-state index in [2.05, 4.69) is 5.32 Å². The molecule has 0 spiro atoms. The van der Waals surface area contributed by atoms with Crippen LogP contribution in [0.4, 0.5) is 5.69 Å². The largest absolute Gasteiger partial charge is 0.462 e. The summed E-state index contributed by atoms with van der Waals surface area (Å²) in [5.74, 6) is -1.46. The van der Waals surface area contributed by atoms with Crippen LogP contribution < -0.4 is 5.32 Å². The SMILES string of the molecule is CCOC(=O)c1ccccc1NC(=O)CCN1C(=O)C2CCC(C)(C1=O)C2(C)C. The Morgan fingerprint density at radius 1 is 1.21 bits per heavy atom. The number of benzene rings is 1. The van der Waals surface area contributed by atoms with Crippen LogP contribution in [-0.2, 0) is 19.1 Å².